The minimum absolute atomic E-state index is 0.0208. The van der Waals surface area contributed by atoms with Gasteiger partial charge < -0.3 is 31.1 Å². The Morgan fingerprint density at radius 1 is 1.20 bits per heavy atom. The van der Waals surface area contributed by atoms with Crippen LogP contribution in [0.1, 0.15) is 23.1 Å². The van der Waals surface area contributed by atoms with Crippen LogP contribution in [0.4, 0.5) is 4.39 Å². The average Bonchev–Trinajstić information content (AvgIpc) is 2.73. The third kappa shape index (κ3) is 3.37. The highest BCUT2D eigenvalue weighted by molar-refractivity contribution is 6.24. The second-order valence-corrected chi connectivity index (χ2v) is 9.92. The van der Waals surface area contributed by atoms with Crippen LogP contribution in [0.25, 0.3) is 5.76 Å². The molecule has 1 aromatic carbocycles. The number of primary amides is 1. The molecule has 11 heteroatoms. The van der Waals surface area contributed by atoms with Crippen molar-refractivity contribution in [1.29, 1.82) is 0 Å². The first-order valence-corrected chi connectivity index (χ1v) is 11.1. The Morgan fingerprint density at radius 3 is 2.37 bits per heavy atom. The van der Waals surface area contributed by atoms with Crippen LogP contribution < -0.4 is 5.73 Å². The van der Waals surface area contributed by atoms with E-state index in [0.29, 0.717) is 0 Å². The molecule has 6 N–H and O–H groups in total. The summed E-state index contributed by atoms with van der Waals surface area (Å²) < 4.78 is 15.4. The van der Waals surface area contributed by atoms with Gasteiger partial charge in [-0.1, -0.05) is 0 Å². The number of phenolic OH excluding ortho intramolecular Hbond substituents is 1. The van der Waals surface area contributed by atoms with Crippen LogP contribution in [0.2, 0.25) is 0 Å². The molecule has 10 nitrogen and oxygen atoms in total. The van der Waals surface area contributed by atoms with Crippen LogP contribution in [0.15, 0.2) is 23.0 Å². The van der Waals surface area contributed by atoms with Crippen LogP contribution >= 0.6 is 0 Å². The van der Waals surface area contributed by atoms with Gasteiger partial charge in [-0.15, -0.1) is 0 Å². The fourth-order valence-electron chi connectivity index (χ4n) is 5.80. The van der Waals surface area contributed by atoms with E-state index >= 15 is 4.39 Å². The lowest BCUT2D eigenvalue weighted by Gasteiger charge is -2.50. The zero-order valence-electron chi connectivity index (χ0n) is 19.8. The zero-order chi connectivity index (χ0) is 26.1. The number of rotatable bonds is 4. The highest BCUT2D eigenvalue weighted by Crippen LogP contribution is 2.53. The molecular weight excluding hydrogens is 461 g/mol. The second kappa shape index (κ2) is 8.14. The molecule has 0 unspecified atom stereocenters. The SMILES string of the molecule is CN(C)Cc1cc(O)c2c(c1F)C[C@H]1C[C@H]3[C@H](N(C)C)C(=O)C(C(N)=O)=C(O)[C@@]3(O)C(=O)C1=C2O. The molecule has 35 heavy (non-hydrogen) atoms. The fourth-order valence-corrected chi connectivity index (χ4v) is 5.80. The van der Waals surface area contributed by atoms with Crippen molar-refractivity contribution in [2.75, 3.05) is 28.2 Å². The van der Waals surface area contributed by atoms with E-state index in [4.69, 9.17) is 5.73 Å². The number of likely N-dealkylation sites (N-methyl/N-ethyl adjacent to an activating group) is 1. The van der Waals surface area contributed by atoms with Crippen molar-refractivity contribution in [2.45, 2.75) is 31.0 Å². The van der Waals surface area contributed by atoms with Gasteiger partial charge in [-0.3, -0.25) is 19.3 Å². The molecule has 1 aromatic rings. The first kappa shape index (κ1) is 24.8. The number of nitrogens with zero attached hydrogens (tertiary/aromatic N) is 2. The van der Waals surface area contributed by atoms with Crippen molar-refractivity contribution < 1.29 is 39.2 Å². The van der Waals surface area contributed by atoms with Gasteiger partial charge in [0.2, 0.25) is 5.78 Å². The zero-order valence-corrected chi connectivity index (χ0v) is 19.8. The normalized spacial score (nSPS) is 28.4. The number of hydrogen-bond donors (Lipinski definition) is 5. The Balaban J connectivity index is 1.95. The molecule has 188 valence electrons. The van der Waals surface area contributed by atoms with Gasteiger partial charge in [0.25, 0.3) is 5.91 Å². The summed E-state index contributed by atoms with van der Waals surface area (Å²) in [7, 11) is 6.49. The molecule has 0 bridgehead atoms. The number of aliphatic hydroxyl groups excluding tert-OH is 2. The first-order valence-electron chi connectivity index (χ1n) is 11.1. The van der Waals surface area contributed by atoms with Crippen molar-refractivity contribution >= 4 is 23.2 Å². The van der Waals surface area contributed by atoms with Crippen molar-refractivity contribution in [2.24, 2.45) is 17.6 Å². The van der Waals surface area contributed by atoms with E-state index < -0.39 is 69.6 Å². The lowest BCUT2D eigenvalue weighted by atomic mass is 9.57. The number of carbonyl (C=O) groups excluding carboxylic acids is 3. The first-order chi connectivity index (χ1) is 16.2. The molecule has 0 spiro atoms. The van der Waals surface area contributed by atoms with Gasteiger partial charge in [0.05, 0.1) is 11.6 Å². The van der Waals surface area contributed by atoms with Crippen LogP contribution in [0.3, 0.4) is 0 Å². The van der Waals surface area contributed by atoms with Crippen molar-refractivity contribution in [3.63, 3.8) is 0 Å². The number of ketones is 2. The second-order valence-electron chi connectivity index (χ2n) is 9.92. The number of halogens is 1. The third-order valence-electron chi connectivity index (χ3n) is 7.22. The summed E-state index contributed by atoms with van der Waals surface area (Å²) in [5.74, 6) is -8.24. The van der Waals surface area contributed by atoms with Crippen LogP contribution in [-0.4, -0.2) is 87.5 Å². The molecule has 0 heterocycles. The molecule has 1 fully saturated rings. The molecule has 3 aliphatic carbocycles. The van der Waals surface area contributed by atoms with Crippen molar-refractivity contribution in [3.8, 4) is 5.75 Å². The van der Waals surface area contributed by atoms with Gasteiger partial charge >= 0.3 is 0 Å². The molecular formula is C24H28FN3O7. The Labute approximate surface area is 200 Å². The lowest BCUT2D eigenvalue weighted by Crippen LogP contribution is -2.65. The van der Waals surface area contributed by atoms with E-state index in [1.165, 1.54) is 25.1 Å². The summed E-state index contributed by atoms with van der Waals surface area (Å²) in [6.45, 7) is 0.182. The Bertz CT molecular complexity index is 1240. The smallest absolute Gasteiger partial charge is 0.255 e. The predicted octanol–water partition coefficient (Wildman–Crippen LogP) is 0.165. The molecule has 0 radical (unpaired) electrons. The van der Waals surface area contributed by atoms with E-state index in [0.717, 1.165) is 0 Å². The van der Waals surface area contributed by atoms with E-state index in [2.05, 4.69) is 0 Å². The number of benzene rings is 1. The summed E-state index contributed by atoms with van der Waals surface area (Å²) in [6, 6.07) is -0.0224. The predicted molar refractivity (Wildman–Crippen MR) is 122 cm³/mol. The van der Waals surface area contributed by atoms with Crippen LogP contribution in [0, 0.1) is 17.7 Å². The van der Waals surface area contributed by atoms with E-state index in [9.17, 15) is 34.8 Å². The minimum atomic E-state index is -2.72. The highest BCUT2D eigenvalue weighted by Gasteiger charge is 2.64. The molecule has 4 atom stereocenters. The van der Waals surface area contributed by atoms with Crippen LogP contribution in [0.5, 0.6) is 5.75 Å². The molecule has 1 amide bonds. The Hall–Kier alpha value is -3.28. The maximum atomic E-state index is 15.4. The third-order valence-corrected chi connectivity index (χ3v) is 7.22. The molecule has 3 aliphatic rings. The van der Waals surface area contributed by atoms with Gasteiger partial charge in [-0.25, -0.2) is 4.39 Å². The van der Waals surface area contributed by atoms with E-state index in [1.807, 2.05) is 0 Å². The van der Waals surface area contributed by atoms with Gasteiger partial charge in [0.15, 0.2) is 11.4 Å². The number of nitrogens with two attached hydrogens (primary N) is 1. The molecule has 1 saturated carbocycles. The number of amides is 1. The number of Topliss-reactive ketones (excluding diaryl/α,β-unsaturated/α-hetero) is 2. The summed E-state index contributed by atoms with van der Waals surface area (Å²) in [6.07, 6.45) is -0.181. The quantitative estimate of drug-likeness (QED) is 0.371. The number of aliphatic hydroxyl groups is 3. The maximum absolute atomic E-state index is 15.4. The van der Waals surface area contributed by atoms with Gasteiger partial charge in [-0.2, -0.15) is 0 Å². The summed E-state index contributed by atoms with van der Waals surface area (Å²) in [4.78, 5) is 41.8. The topological polar surface area (TPSA) is 165 Å². The Kier molecular flexibility index (Phi) is 5.78. The number of phenols is 1. The average molecular weight is 490 g/mol. The van der Waals surface area contributed by atoms with Crippen molar-refractivity contribution in [1.82, 2.24) is 9.80 Å². The molecule has 0 saturated heterocycles. The number of carbonyl (C=O) groups is 3. The fraction of sp³-hybridized carbons (Fsp3) is 0.458. The molecule has 0 aromatic heterocycles. The van der Waals surface area contributed by atoms with Crippen molar-refractivity contribution in [3.05, 3.63) is 45.5 Å². The van der Waals surface area contributed by atoms with E-state index in [1.54, 1.807) is 19.0 Å². The lowest BCUT2D eigenvalue weighted by molar-refractivity contribution is -0.153. The maximum Gasteiger partial charge on any atom is 0.255 e. The standard InChI is InChI=1S/C24H28FN3O7/c1-27(2)8-10-7-13(29)15-11(17(10)25)5-9-6-12-18(28(3)4)20(31)16(23(26)34)22(33)24(12,35)21(32)14(9)19(15)30/h7,9,12,18,29-30,33,35H,5-6,8H2,1-4H3,(H2,26,34)/t9-,12-,18-,24-/m0/s1. The number of aromatic hydroxyl groups is 1. The Morgan fingerprint density at radius 2 is 1.83 bits per heavy atom. The summed E-state index contributed by atoms with van der Waals surface area (Å²) in [5, 5.41) is 44.0. The summed E-state index contributed by atoms with van der Waals surface area (Å²) in [5.41, 5.74) is 1.33. The van der Waals surface area contributed by atoms with Gasteiger partial charge in [-0.05, 0) is 53.0 Å². The molecule has 4 rings (SSSR count). The van der Waals surface area contributed by atoms with Gasteiger partial charge in [0, 0.05) is 29.2 Å². The monoisotopic (exact) mass is 489 g/mol. The van der Waals surface area contributed by atoms with E-state index in [-0.39, 0.29) is 41.6 Å². The molecule has 0 aliphatic heterocycles. The number of fused-ring (bicyclic) bond motifs is 3. The summed E-state index contributed by atoms with van der Waals surface area (Å²) >= 11 is 0. The largest absolute Gasteiger partial charge is 0.508 e. The minimum Gasteiger partial charge on any atom is -0.508 e. The number of hydrogen-bond acceptors (Lipinski definition) is 9. The highest BCUT2D eigenvalue weighted by atomic mass is 19.1. The van der Waals surface area contributed by atoms with Crippen LogP contribution in [-0.2, 0) is 27.3 Å². The van der Waals surface area contributed by atoms with Gasteiger partial charge in [0.1, 0.15) is 28.7 Å².